The Kier molecular flexibility index (Phi) is 15.3. The maximum Gasteiger partial charge on any atom is 0.500 e. The van der Waals surface area contributed by atoms with Crippen molar-refractivity contribution in [3.63, 3.8) is 0 Å². The number of carbonyl (C=O) groups is 1. The zero-order valence-electron chi connectivity index (χ0n) is 27.8. The molecule has 3 N–H and O–H groups in total. The highest BCUT2D eigenvalue weighted by Gasteiger charge is 2.39. The molecule has 2 atom stereocenters. The normalized spacial score (nSPS) is 12.6. The quantitative estimate of drug-likeness (QED) is 0.0644. The van der Waals surface area contributed by atoms with E-state index in [1.54, 1.807) is 0 Å². The van der Waals surface area contributed by atoms with Gasteiger partial charge in [-0.25, -0.2) is 0 Å². The fourth-order valence-corrected chi connectivity index (χ4v) is 8.91. The number of nitrogens with zero attached hydrogens (tertiary/aromatic N) is 2. The molecule has 9 nitrogen and oxygen atoms in total. The van der Waals surface area contributed by atoms with Gasteiger partial charge >= 0.3 is 8.80 Å². The van der Waals surface area contributed by atoms with Crippen LogP contribution in [0.4, 0.5) is 11.4 Å². The first-order chi connectivity index (χ1) is 22.7. The van der Waals surface area contributed by atoms with E-state index >= 15 is 0 Å². The number of unbranched alkanes of at least 4 members (excludes halogenated alkanes) is 1. The largest absolute Gasteiger partial charge is 0.500 e. The number of halogens is 2. The summed E-state index contributed by atoms with van der Waals surface area (Å²) >= 11 is 13.2. The minimum absolute atomic E-state index is 0.0271. The van der Waals surface area contributed by atoms with E-state index in [2.05, 4.69) is 66.4 Å². The van der Waals surface area contributed by atoms with Crippen molar-refractivity contribution in [1.82, 2.24) is 5.43 Å². The molecule has 252 valence electrons. The lowest BCUT2D eigenvalue weighted by Crippen LogP contribution is -2.46. The highest BCUT2D eigenvalue weighted by Crippen LogP contribution is 2.42. The van der Waals surface area contributed by atoms with Gasteiger partial charge in [-0.2, -0.15) is 10.5 Å². The molecule has 47 heavy (non-hydrogen) atoms. The molecule has 0 aliphatic rings. The maximum absolute atomic E-state index is 13.8. The van der Waals surface area contributed by atoms with Crippen molar-refractivity contribution in [3.8, 4) is 12.1 Å². The first-order valence-corrected chi connectivity index (χ1v) is 18.9. The van der Waals surface area contributed by atoms with Crippen LogP contribution >= 0.6 is 23.2 Å². The summed E-state index contributed by atoms with van der Waals surface area (Å²) in [7, 11) is -2.88. The third-order valence-corrected chi connectivity index (χ3v) is 12.1. The molecule has 3 aromatic rings. The molecule has 0 heterocycles. The Morgan fingerprint density at radius 1 is 0.872 bits per heavy atom. The van der Waals surface area contributed by atoms with Gasteiger partial charge in [-0.1, -0.05) is 92.4 Å². The van der Waals surface area contributed by atoms with Gasteiger partial charge in [0.25, 0.3) is 0 Å². The van der Waals surface area contributed by atoms with Gasteiger partial charge in [-0.3, -0.25) is 15.6 Å². The second-order valence-electron chi connectivity index (χ2n) is 11.1. The summed E-state index contributed by atoms with van der Waals surface area (Å²) in [5.74, 6) is -0.699. The van der Waals surface area contributed by atoms with Crippen LogP contribution in [0.15, 0.2) is 42.5 Å². The van der Waals surface area contributed by atoms with Crippen molar-refractivity contribution in [3.05, 3.63) is 69.2 Å². The Hall–Kier alpha value is -3.35. The van der Waals surface area contributed by atoms with Crippen molar-refractivity contribution in [2.45, 2.75) is 72.3 Å². The van der Waals surface area contributed by atoms with E-state index in [1.165, 1.54) is 0 Å². The number of nitrogens with one attached hydrogen (secondary N) is 3. The van der Waals surface area contributed by atoms with Crippen LogP contribution in [0.2, 0.25) is 16.1 Å². The molecule has 12 heteroatoms. The monoisotopic (exact) mass is 697 g/mol. The number of anilines is 2. The third kappa shape index (κ3) is 9.39. The van der Waals surface area contributed by atoms with Crippen LogP contribution in [0.1, 0.15) is 82.9 Å². The van der Waals surface area contributed by atoms with Crippen LogP contribution in [0.5, 0.6) is 0 Å². The van der Waals surface area contributed by atoms with E-state index < -0.39 is 8.80 Å². The molecule has 3 aromatic carbocycles. The highest BCUT2D eigenvalue weighted by molar-refractivity contribution is 6.60. The molecule has 1 amide bonds. The summed E-state index contributed by atoms with van der Waals surface area (Å²) < 4.78 is 17.8. The molecule has 0 fully saturated rings. The molecule has 0 aliphatic carbocycles. The fraction of sp³-hybridized carbons (Fsp3) is 0.457. The molecule has 0 saturated carbocycles. The van der Waals surface area contributed by atoms with Crippen LogP contribution in [0, 0.1) is 28.6 Å². The molecule has 0 bridgehead atoms. The molecule has 0 saturated heterocycles. The first-order valence-electron chi connectivity index (χ1n) is 16.3. The van der Waals surface area contributed by atoms with Crippen LogP contribution in [0.25, 0.3) is 10.8 Å². The summed E-state index contributed by atoms with van der Waals surface area (Å²) in [6.07, 6.45) is 3.05. The maximum atomic E-state index is 13.8. The molecular formula is C35H45Cl2N5O4Si. The second kappa shape index (κ2) is 18.8. The van der Waals surface area contributed by atoms with Gasteiger partial charge in [0.1, 0.15) is 17.7 Å². The SMILES string of the molecule is CCCCC(C(=O)NNc1c(Cl)c(Cl)c(C#N)c(NCCC[Si](OCC)(OCC)OCC)c1C#N)[C@@H](C)c1cccc2ccccc12. The van der Waals surface area contributed by atoms with Gasteiger partial charge in [-0.15, -0.1) is 0 Å². The lowest BCUT2D eigenvalue weighted by molar-refractivity contribution is -0.125. The van der Waals surface area contributed by atoms with Crippen molar-refractivity contribution in [2.24, 2.45) is 5.92 Å². The Labute approximate surface area is 289 Å². The number of nitriles is 2. The zero-order chi connectivity index (χ0) is 34.4. The number of amides is 1. The Balaban J connectivity index is 1.86. The lowest BCUT2D eigenvalue weighted by Gasteiger charge is -2.28. The van der Waals surface area contributed by atoms with Gasteiger partial charge in [0.05, 0.1) is 27.0 Å². The standard InChI is InChI=1S/C35H45Cl2N5O4Si/c1-6-10-17-27(24(5)26-19-13-16-25-15-11-12-18-28(25)26)35(43)42-41-34-30(23-39)33(29(22-38)31(36)32(34)37)40-20-14-21-47(44-7-2,45-8-3)46-9-4/h11-13,15-16,18-19,24,27,40-41H,6-10,14,17,20-21H2,1-5H3,(H,42,43)/t24-,27?/m0/s1. The highest BCUT2D eigenvalue weighted by atomic mass is 35.5. The Morgan fingerprint density at radius 3 is 2.13 bits per heavy atom. The van der Waals surface area contributed by atoms with Crippen molar-refractivity contribution in [2.75, 3.05) is 37.1 Å². The molecule has 1 unspecified atom stereocenters. The number of carbonyl (C=O) groups excluding carboxylic acids is 1. The van der Waals surface area contributed by atoms with Crippen LogP contribution in [-0.4, -0.2) is 41.1 Å². The smallest absolute Gasteiger partial charge is 0.383 e. The average molecular weight is 699 g/mol. The third-order valence-electron chi connectivity index (χ3n) is 8.09. The van der Waals surface area contributed by atoms with E-state index in [9.17, 15) is 15.3 Å². The summed E-state index contributed by atoms with van der Waals surface area (Å²) in [4.78, 5) is 13.8. The molecular weight excluding hydrogens is 653 g/mol. The summed E-state index contributed by atoms with van der Waals surface area (Å²) in [5, 5.41) is 25.6. The lowest BCUT2D eigenvalue weighted by atomic mass is 9.81. The number of fused-ring (bicyclic) bond motifs is 1. The minimum atomic E-state index is -2.88. The van der Waals surface area contributed by atoms with Crippen molar-refractivity contribution in [1.29, 1.82) is 10.5 Å². The van der Waals surface area contributed by atoms with E-state index in [1.807, 2.05) is 39.0 Å². The molecule has 0 spiro atoms. The van der Waals surface area contributed by atoms with Crippen LogP contribution in [-0.2, 0) is 18.1 Å². The molecule has 3 rings (SSSR count). The summed E-state index contributed by atoms with van der Waals surface area (Å²) in [6, 6.07) is 19.0. The second-order valence-corrected chi connectivity index (χ2v) is 14.6. The van der Waals surface area contributed by atoms with Gasteiger partial charge in [0.15, 0.2) is 0 Å². The predicted molar refractivity (Wildman–Crippen MR) is 192 cm³/mol. The number of hydrogen-bond donors (Lipinski definition) is 3. The summed E-state index contributed by atoms with van der Waals surface area (Å²) in [5.41, 5.74) is 7.23. The van der Waals surface area contributed by atoms with Crippen molar-refractivity contribution < 1.29 is 18.1 Å². The van der Waals surface area contributed by atoms with Gasteiger partial charge in [-0.05, 0) is 55.9 Å². The van der Waals surface area contributed by atoms with E-state index in [-0.39, 0.29) is 50.3 Å². The minimum Gasteiger partial charge on any atom is -0.383 e. The Morgan fingerprint density at radius 2 is 1.51 bits per heavy atom. The number of rotatable bonds is 19. The van der Waals surface area contributed by atoms with Gasteiger partial charge < -0.3 is 18.6 Å². The van der Waals surface area contributed by atoms with E-state index in [4.69, 9.17) is 36.5 Å². The van der Waals surface area contributed by atoms with Gasteiger partial charge in [0, 0.05) is 38.3 Å². The first kappa shape index (κ1) is 38.1. The van der Waals surface area contributed by atoms with E-state index in [0.717, 1.165) is 29.2 Å². The molecule has 0 aliphatic heterocycles. The molecule has 0 radical (unpaired) electrons. The number of benzene rings is 3. The van der Waals surface area contributed by atoms with Crippen molar-refractivity contribution >= 4 is 60.1 Å². The van der Waals surface area contributed by atoms with E-state index in [0.29, 0.717) is 45.3 Å². The summed E-state index contributed by atoms with van der Waals surface area (Å²) in [6.45, 7) is 11.6. The predicted octanol–water partition coefficient (Wildman–Crippen LogP) is 8.79. The average Bonchev–Trinajstić information content (AvgIpc) is 3.07. The van der Waals surface area contributed by atoms with Crippen LogP contribution < -0.4 is 16.2 Å². The van der Waals surface area contributed by atoms with Gasteiger partial charge in [0.2, 0.25) is 5.91 Å². The number of hydrogen-bond acceptors (Lipinski definition) is 8. The molecule has 0 aromatic heterocycles. The Bertz CT molecular complexity index is 1570. The van der Waals surface area contributed by atoms with Crippen LogP contribution in [0.3, 0.4) is 0 Å². The topological polar surface area (TPSA) is 128 Å². The number of hydrazine groups is 1. The fourth-order valence-electron chi connectivity index (χ4n) is 5.83. The zero-order valence-corrected chi connectivity index (χ0v) is 30.4.